The SMILES string of the molecule is Cc1ccc([C@@H](CNc2oc(-c3cccs3)nc2C#N)N2CCOCC2)cc1. The monoisotopic (exact) mass is 394 g/mol. The van der Waals surface area contributed by atoms with Gasteiger partial charge in [-0.05, 0) is 23.9 Å². The van der Waals surface area contributed by atoms with E-state index in [2.05, 4.69) is 52.5 Å². The van der Waals surface area contributed by atoms with Gasteiger partial charge in [0.15, 0.2) is 0 Å². The minimum atomic E-state index is 0.159. The van der Waals surface area contributed by atoms with Gasteiger partial charge in [0.05, 0.1) is 24.1 Å². The van der Waals surface area contributed by atoms with E-state index in [-0.39, 0.29) is 11.7 Å². The van der Waals surface area contributed by atoms with Crippen LogP contribution < -0.4 is 5.32 Å². The zero-order valence-electron chi connectivity index (χ0n) is 15.7. The van der Waals surface area contributed by atoms with Crippen molar-refractivity contribution in [1.82, 2.24) is 9.88 Å². The molecule has 7 heteroatoms. The smallest absolute Gasteiger partial charge is 0.240 e. The third-order valence-electron chi connectivity index (χ3n) is 4.87. The third kappa shape index (κ3) is 4.09. The van der Waals surface area contributed by atoms with E-state index in [0.717, 1.165) is 31.2 Å². The highest BCUT2D eigenvalue weighted by atomic mass is 32.1. The maximum Gasteiger partial charge on any atom is 0.240 e. The molecule has 1 fully saturated rings. The molecule has 0 saturated carbocycles. The van der Waals surface area contributed by atoms with Crippen LogP contribution >= 0.6 is 11.3 Å². The number of ether oxygens (including phenoxy) is 1. The van der Waals surface area contributed by atoms with Gasteiger partial charge in [-0.3, -0.25) is 4.90 Å². The van der Waals surface area contributed by atoms with E-state index in [1.807, 2.05) is 17.5 Å². The quantitative estimate of drug-likeness (QED) is 0.679. The average Bonchev–Trinajstić information content (AvgIpc) is 3.40. The molecule has 0 amide bonds. The van der Waals surface area contributed by atoms with Gasteiger partial charge in [-0.1, -0.05) is 35.9 Å². The summed E-state index contributed by atoms with van der Waals surface area (Å²) >= 11 is 1.54. The first kappa shape index (κ1) is 18.7. The van der Waals surface area contributed by atoms with E-state index in [9.17, 15) is 5.26 Å². The molecule has 1 aliphatic heterocycles. The lowest BCUT2D eigenvalue weighted by Gasteiger charge is -2.35. The van der Waals surface area contributed by atoms with Crippen molar-refractivity contribution in [1.29, 1.82) is 5.26 Å². The fraction of sp³-hybridized carbons (Fsp3) is 0.333. The first-order valence-electron chi connectivity index (χ1n) is 9.31. The van der Waals surface area contributed by atoms with Crippen LogP contribution in [0.15, 0.2) is 46.2 Å². The number of benzene rings is 1. The molecule has 0 unspecified atom stereocenters. The summed E-state index contributed by atoms with van der Waals surface area (Å²) in [4.78, 5) is 7.65. The number of anilines is 1. The summed E-state index contributed by atoms with van der Waals surface area (Å²) in [6.45, 7) is 5.93. The molecule has 6 nitrogen and oxygen atoms in total. The van der Waals surface area contributed by atoms with E-state index >= 15 is 0 Å². The third-order valence-corrected chi connectivity index (χ3v) is 5.73. The van der Waals surface area contributed by atoms with Gasteiger partial charge in [-0.2, -0.15) is 10.2 Å². The number of nitrogens with zero attached hydrogens (tertiary/aromatic N) is 3. The van der Waals surface area contributed by atoms with Crippen LogP contribution in [0.25, 0.3) is 10.8 Å². The fourth-order valence-electron chi connectivity index (χ4n) is 3.35. The maximum atomic E-state index is 9.45. The molecule has 144 valence electrons. The Morgan fingerprint density at radius 2 is 2.04 bits per heavy atom. The molecule has 3 aromatic rings. The van der Waals surface area contributed by atoms with Crippen LogP contribution in [0.3, 0.4) is 0 Å². The number of aromatic nitrogens is 1. The summed E-state index contributed by atoms with van der Waals surface area (Å²) in [5.41, 5.74) is 2.75. The number of oxazole rings is 1. The molecule has 1 atom stereocenters. The molecular formula is C21H22N4O2S. The van der Waals surface area contributed by atoms with Crippen molar-refractivity contribution >= 4 is 17.2 Å². The summed E-state index contributed by atoms with van der Waals surface area (Å²) in [6.07, 6.45) is 0. The highest BCUT2D eigenvalue weighted by Gasteiger charge is 2.24. The number of thiophene rings is 1. The molecule has 0 radical (unpaired) electrons. The molecule has 1 aromatic carbocycles. The topological polar surface area (TPSA) is 74.3 Å². The summed E-state index contributed by atoms with van der Waals surface area (Å²) in [5, 5.41) is 14.7. The van der Waals surface area contributed by atoms with Gasteiger partial charge in [0.25, 0.3) is 0 Å². The summed E-state index contributed by atoms with van der Waals surface area (Å²) in [5.74, 6) is 0.906. The maximum absolute atomic E-state index is 9.45. The number of hydrogen-bond donors (Lipinski definition) is 1. The lowest BCUT2D eigenvalue weighted by molar-refractivity contribution is 0.0186. The van der Waals surface area contributed by atoms with Crippen molar-refractivity contribution in [3.63, 3.8) is 0 Å². The summed E-state index contributed by atoms with van der Waals surface area (Å²) in [7, 11) is 0. The minimum absolute atomic E-state index is 0.159. The zero-order chi connectivity index (χ0) is 19.3. The Balaban J connectivity index is 1.55. The summed E-state index contributed by atoms with van der Waals surface area (Å²) in [6, 6.07) is 14.8. The van der Waals surface area contributed by atoms with Crippen LogP contribution in [-0.2, 0) is 4.74 Å². The predicted octanol–water partition coefficient (Wildman–Crippen LogP) is 4.07. The van der Waals surface area contributed by atoms with E-state index in [4.69, 9.17) is 9.15 Å². The predicted molar refractivity (Wildman–Crippen MR) is 109 cm³/mol. The Kier molecular flexibility index (Phi) is 5.72. The van der Waals surface area contributed by atoms with Gasteiger partial charge in [0.2, 0.25) is 17.5 Å². The molecule has 1 aliphatic rings. The first-order valence-corrected chi connectivity index (χ1v) is 10.2. The van der Waals surface area contributed by atoms with Crippen LogP contribution in [0.1, 0.15) is 22.9 Å². The highest BCUT2D eigenvalue weighted by Crippen LogP contribution is 2.30. The second-order valence-corrected chi connectivity index (χ2v) is 7.69. The number of nitriles is 1. The Morgan fingerprint density at radius 3 is 2.71 bits per heavy atom. The molecule has 2 aromatic heterocycles. The van der Waals surface area contributed by atoms with Crippen molar-refractivity contribution in [3.05, 3.63) is 58.6 Å². The zero-order valence-corrected chi connectivity index (χ0v) is 16.5. The Hall–Kier alpha value is -2.66. The fourth-order valence-corrected chi connectivity index (χ4v) is 4.00. The molecule has 1 N–H and O–H groups in total. The van der Waals surface area contributed by atoms with Gasteiger partial charge < -0.3 is 14.5 Å². The Morgan fingerprint density at radius 1 is 1.25 bits per heavy atom. The molecule has 28 heavy (non-hydrogen) atoms. The summed E-state index contributed by atoms with van der Waals surface area (Å²) < 4.78 is 11.4. The number of aryl methyl sites for hydroxylation is 1. The molecule has 3 heterocycles. The largest absolute Gasteiger partial charge is 0.418 e. The second kappa shape index (κ2) is 8.57. The van der Waals surface area contributed by atoms with E-state index in [1.165, 1.54) is 22.5 Å². The number of morpholine rings is 1. The van der Waals surface area contributed by atoms with Crippen LogP contribution in [0, 0.1) is 18.3 Å². The lowest BCUT2D eigenvalue weighted by atomic mass is 10.0. The van der Waals surface area contributed by atoms with Crippen molar-refractivity contribution in [2.45, 2.75) is 13.0 Å². The number of nitrogens with one attached hydrogen (secondary N) is 1. The standard InChI is InChI=1S/C21H22N4O2S/c1-15-4-6-16(7-5-15)18(25-8-10-26-11-9-25)14-23-20-17(13-22)24-21(27-20)19-3-2-12-28-19/h2-7,12,18,23H,8-11,14H2,1H3/t18-/m1/s1. The van der Waals surface area contributed by atoms with Gasteiger partial charge in [0.1, 0.15) is 6.07 Å². The molecule has 0 spiro atoms. The van der Waals surface area contributed by atoms with Crippen molar-refractivity contribution < 1.29 is 9.15 Å². The van der Waals surface area contributed by atoms with E-state index in [1.54, 1.807) is 0 Å². The van der Waals surface area contributed by atoms with Crippen molar-refractivity contribution in [3.8, 4) is 16.8 Å². The van der Waals surface area contributed by atoms with Crippen molar-refractivity contribution in [2.24, 2.45) is 0 Å². The van der Waals surface area contributed by atoms with Crippen LogP contribution in [-0.4, -0.2) is 42.7 Å². The molecular weight excluding hydrogens is 372 g/mol. The molecule has 4 rings (SSSR count). The van der Waals surface area contributed by atoms with E-state index in [0.29, 0.717) is 18.3 Å². The first-order chi connectivity index (χ1) is 13.7. The van der Waals surface area contributed by atoms with E-state index < -0.39 is 0 Å². The normalized spacial score (nSPS) is 15.9. The number of rotatable bonds is 6. The minimum Gasteiger partial charge on any atom is -0.418 e. The van der Waals surface area contributed by atoms with Gasteiger partial charge in [-0.15, -0.1) is 11.3 Å². The Labute approximate surface area is 168 Å². The van der Waals surface area contributed by atoms with Crippen molar-refractivity contribution in [2.75, 3.05) is 38.2 Å². The lowest BCUT2D eigenvalue weighted by Crippen LogP contribution is -2.41. The van der Waals surface area contributed by atoms with Gasteiger partial charge in [-0.25, -0.2) is 0 Å². The number of hydrogen-bond acceptors (Lipinski definition) is 7. The molecule has 0 bridgehead atoms. The molecule has 1 saturated heterocycles. The van der Waals surface area contributed by atoms with Gasteiger partial charge in [0, 0.05) is 19.6 Å². The second-order valence-electron chi connectivity index (χ2n) is 6.74. The highest BCUT2D eigenvalue weighted by molar-refractivity contribution is 7.13. The van der Waals surface area contributed by atoms with Crippen LogP contribution in [0.4, 0.5) is 5.88 Å². The Bertz CT molecular complexity index is 938. The van der Waals surface area contributed by atoms with Gasteiger partial charge >= 0.3 is 0 Å². The molecule has 0 aliphatic carbocycles. The van der Waals surface area contributed by atoms with Crippen LogP contribution in [0.5, 0.6) is 0 Å². The van der Waals surface area contributed by atoms with Crippen LogP contribution in [0.2, 0.25) is 0 Å². The average molecular weight is 395 g/mol.